The van der Waals surface area contributed by atoms with Gasteiger partial charge in [0.15, 0.2) is 6.10 Å². The maximum absolute atomic E-state index is 10.6. The van der Waals surface area contributed by atoms with E-state index in [4.69, 9.17) is 5.11 Å². The van der Waals surface area contributed by atoms with E-state index in [1.807, 2.05) is 30.3 Å². The van der Waals surface area contributed by atoms with Crippen LogP contribution in [-0.2, 0) is 4.79 Å². The molecule has 3 N–H and O–H groups in total. The molecule has 0 spiro atoms. The van der Waals surface area contributed by atoms with Crippen LogP contribution in [0.4, 0.5) is 11.4 Å². The molecule has 0 aliphatic heterocycles. The van der Waals surface area contributed by atoms with E-state index < -0.39 is 12.1 Å². The third-order valence-corrected chi connectivity index (χ3v) is 2.52. The molecule has 0 bridgehead atoms. The Balaban J connectivity index is 2.11. The van der Waals surface area contributed by atoms with Gasteiger partial charge >= 0.3 is 5.97 Å². The highest BCUT2D eigenvalue weighted by molar-refractivity contribution is 5.74. The highest BCUT2D eigenvalue weighted by Gasteiger charge is 2.15. The number of carbonyl (C=O) groups is 1. The van der Waals surface area contributed by atoms with Gasteiger partial charge in [-0.2, -0.15) is 0 Å². The van der Waals surface area contributed by atoms with Crippen molar-refractivity contribution in [2.45, 2.75) is 6.10 Å². The van der Waals surface area contributed by atoms with E-state index in [0.717, 1.165) is 11.4 Å². The summed E-state index contributed by atoms with van der Waals surface area (Å²) >= 11 is 0. The fourth-order valence-electron chi connectivity index (χ4n) is 1.58. The van der Waals surface area contributed by atoms with Crippen LogP contribution in [0, 0.1) is 0 Å². The largest absolute Gasteiger partial charge is 0.479 e. The second-order valence-electron chi connectivity index (χ2n) is 3.85. The lowest BCUT2D eigenvalue weighted by Gasteiger charge is -2.09. The first-order valence-corrected chi connectivity index (χ1v) is 5.50. The standard InChI is InChI=1S/C14H13NO3/c16-13(14(17)18)10-6-8-12(9-7-10)15-11-4-2-1-3-5-11/h1-9,13,15-16H,(H,17,18). The Hall–Kier alpha value is -2.33. The van der Waals surface area contributed by atoms with Crippen molar-refractivity contribution in [3.8, 4) is 0 Å². The predicted octanol–water partition coefficient (Wildman–Crippen LogP) is 2.55. The number of aliphatic hydroxyl groups is 1. The number of aliphatic hydroxyl groups excluding tert-OH is 1. The van der Waals surface area contributed by atoms with Gasteiger partial charge in [-0.3, -0.25) is 0 Å². The number of rotatable bonds is 4. The summed E-state index contributed by atoms with van der Waals surface area (Å²) in [5, 5.41) is 21.2. The molecule has 0 amide bonds. The zero-order chi connectivity index (χ0) is 13.0. The summed E-state index contributed by atoms with van der Waals surface area (Å²) in [4.78, 5) is 10.6. The van der Waals surface area contributed by atoms with Gasteiger partial charge in [-0.15, -0.1) is 0 Å². The molecule has 18 heavy (non-hydrogen) atoms. The van der Waals surface area contributed by atoms with E-state index in [2.05, 4.69) is 5.32 Å². The van der Waals surface area contributed by atoms with Crippen LogP contribution >= 0.6 is 0 Å². The lowest BCUT2D eigenvalue weighted by Crippen LogP contribution is -2.10. The van der Waals surface area contributed by atoms with Gasteiger partial charge in [-0.25, -0.2) is 4.79 Å². The quantitative estimate of drug-likeness (QED) is 0.771. The number of para-hydroxylation sites is 1. The first-order chi connectivity index (χ1) is 8.66. The molecule has 4 nitrogen and oxygen atoms in total. The van der Waals surface area contributed by atoms with Gasteiger partial charge in [0.2, 0.25) is 0 Å². The lowest BCUT2D eigenvalue weighted by atomic mass is 10.1. The first-order valence-electron chi connectivity index (χ1n) is 5.50. The number of aliphatic carboxylic acids is 1. The minimum Gasteiger partial charge on any atom is -0.479 e. The van der Waals surface area contributed by atoms with Gasteiger partial charge in [0.05, 0.1) is 0 Å². The minimum absolute atomic E-state index is 0.362. The molecule has 0 aliphatic rings. The minimum atomic E-state index is -1.48. The van der Waals surface area contributed by atoms with Gasteiger partial charge in [0, 0.05) is 11.4 Å². The van der Waals surface area contributed by atoms with Crippen molar-refractivity contribution in [2.24, 2.45) is 0 Å². The second-order valence-corrected chi connectivity index (χ2v) is 3.85. The number of carboxylic acids is 1. The van der Waals surface area contributed by atoms with Gasteiger partial charge in [0.1, 0.15) is 0 Å². The fraction of sp³-hybridized carbons (Fsp3) is 0.0714. The van der Waals surface area contributed by atoms with Crippen LogP contribution < -0.4 is 5.32 Å². The summed E-state index contributed by atoms with van der Waals surface area (Å²) in [7, 11) is 0. The molecular formula is C14H13NO3. The summed E-state index contributed by atoms with van der Waals surface area (Å²) in [6.07, 6.45) is -1.48. The molecule has 1 atom stereocenters. The van der Waals surface area contributed by atoms with Crippen LogP contribution in [-0.4, -0.2) is 16.2 Å². The number of benzene rings is 2. The summed E-state index contributed by atoms with van der Waals surface area (Å²) in [6.45, 7) is 0. The van der Waals surface area contributed by atoms with Gasteiger partial charge < -0.3 is 15.5 Å². The molecule has 0 aliphatic carbocycles. The van der Waals surface area contributed by atoms with Crippen LogP contribution in [0.25, 0.3) is 0 Å². The molecule has 0 fully saturated rings. The average Bonchev–Trinajstić information content (AvgIpc) is 2.40. The van der Waals surface area contributed by atoms with Crippen LogP contribution in [0.5, 0.6) is 0 Å². The third-order valence-electron chi connectivity index (χ3n) is 2.52. The van der Waals surface area contributed by atoms with Crippen LogP contribution in [0.2, 0.25) is 0 Å². The highest BCUT2D eigenvalue weighted by Crippen LogP contribution is 2.19. The number of hydrogen-bond donors (Lipinski definition) is 3. The van der Waals surface area contributed by atoms with Gasteiger partial charge in [-0.05, 0) is 29.8 Å². The van der Waals surface area contributed by atoms with Crippen molar-refractivity contribution >= 4 is 17.3 Å². The zero-order valence-corrected chi connectivity index (χ0v) is 9.58. The Morgan fingerprint density at radius 1 is 0.944 bits per heavy atom. The molecule has 0 saturated carbocycles. The van der Waals surface area contributed by atoms with Crippen molar-refractivity contribution in [2.75, 3.05) is 5.32 Å². The van der Waals surface area contributed by atoms with Gasteiger partial charge in [0.25, 0.3) is 0 Å². The Morgan fingerprint density at radius 3 is 2.06 bits per heavy atom. The molecule has 92 valence electrons. The van der Waals surface area contributed by atoms with E-state index >= 15 is 0 Å². The topological polar surface area (TPSA) is 69.6 Å². The monoisotopic (exact) mass is 243 g/mol. The zero-order valence-electron chi connectivity index (χ0n) is 9.58. The first kappa shape index (κ1) is 12.1. The van der Waals surface area contributed by atoms with Crippen molar-refractivity contribution in [3.63, 3.8) is 0 Å². The highest BCUT2D eigenvalue weighted by atomic mass is 16.4. The summed E-state index contributed by atoms with van der Waals surface area (Å²) in [6, 6.07) is 16.3. The SMILES string of the molecule is O=C(O)C(O)c1ccc(Nc2ccccc2)cc1. The molecule has 2 aromatic carbocycles. The van der Waals surface area contributed by atoms with E-state index in [1.165, 1.54) is 0 Å². The number of nitrogens with one attached hydrogen (secondary N) is 1. The van der Waals surface area contributed by atoms with Crippen molar-refractivity contribution in [3.05, 3.63) is 60.2 Å². The maximum Gasteiger partial charge on any atom is 0.337 e. The molecule has 2 aromatic rings. The van der Waals surface area contributed by atoms with Crippen LogP contribution in [0.3, 0.4) is 0 Å². The average molecular weight is 243 g/mol. The van der Waals surface area contributed by atoms with Crippen molar-refractivity contribution < 1.29 is 15.0 Å². The number of hydrogen-bond acceptors (Lipinski definition) is 3. The van der Waals surface area contributed by atoms with Crippen LogP contribution in [0.15, 0.2) is 54.6 Å². The van der Waals surface area contributed by atoms with E-state index in [9.17, 15) is 9.90 Å². The molecule has 0 saturated heterocycles. The van der Waals surface area contributed by atoms with E-state index in [0.29, 0.717) is 5.56 Å². The second kappa shape index (κ2) is 5.33. The molecule has 0 radical (unpaired) electrons. The molecule has 2 rings (SSSR count). The molecule has 0 aromatic heterocycles. The van der Waals surface area contributed by atoms with Gasteiger partial charge in [-0.1, -0.05) is 30.3 Å². The Labute approximate surface area is 105 Å². The number of anilines is 2. The van der Waals surface area contributed by atoms with Crippen molar-refractivity contribution in [1.82, 2.24) is 0 Å². The fourth-order valence-corrected chi connectivity index (χ4v) is 1.58. The summed E-state index contributed by atoms with van der Waals surface area (Å²) < 4.78 is 0. The predicted molar refractivity (Wildman–Crippen MR) is 68.8 cm³/mol. The number of carboxylic acid groups (broad SMARTS) is 1. The Kier molecular flexibility index (Phi) is 3.60. The molecule has 1 unspecified atom stereocenters. The molecular weight excluding hydrogens is 230 g/mol. The Morgan fingerprint density at radius 2 is 1.50 bits per heavy atom. The third kappa shape index (κ3) is 2.87. The Bertz CT molecular complexity index is 522. The van der Waals surface area contributed by atoms with E-state index in [1.54, 1.807) is 24.3 Å². The summed E-state index contributed by atoms with van der Waals surface area (Å²) in [5.41, 5.74) is 2.15. The smallest absolute Gasteiger partial charge is 0.337 e. The summed E-state index contributed by atoms with van der Waals surface area (Å²) in [5.74, 6) is -1.25. The van der Waals surface area contributed by atoms with Crippen LogP contribution in [0.1, 0.15) is 11.7 Å². The lowest BCUT2D eigenvalue weighted by molar-refractivity contribution is -0.146. The molecule has 4 heteroatoms. The maximum atomic E-state index is 10.6. The van der Waals surface area contributed by atoms with Crippen molar-refractivity contribution in [1.29, 1.82) is 0 Å². The normalized spacial score (nSPS) is 11.8. The van der Waals surface area contributed by atoms with E-state index in [-0.39, 0.29) is 0 Å². The molecule has 0 heterocycles.